The minimum Gasteiger partial charge on any atom is -0.356 e. The molecule has 1 aliphatic heterocycles. The van der Waals surface area contributed by atoms with E-state index in [4.69, 9.17) is 15.5 Å². The highest BCUT2D eigenvalue weighted by Crippen LogP contribution is 2.52. The lowest BCUT2D eigenvalue weighted by molar-refractivity contribution is 0.333. The summed E-state index contributed by atoms with van der Waals surface area (Å²) in [4.78, 5) is 16.6. The molecule has 1 aromatic carbocycles. The van der Waals surface area contributed by atoms with Crippen molar-refractivity contribution in [2.45, 2.75) is 25.4 Å². The van der Waals surface area contributed by atoms with Crippen LogP contribution in [0.25, 0.3) is 0 Å². The molecule has 5 nitrogen and oxygen atoms in total. The molecule has 2 rings (SSSR count). The van der Waals surface area contributed by atoms with Crippen LogP contribution >= 0.6 is 7.60 Å². The van der Waals surface area contributed by atoms with Crippen molar-refractivity contribution in [1.82, 2.24) is 0 Å². The number of hydrogen-bond donors (Lipinski definition) is 3. The molecule has 0 amide bonds. The van der Waals surface area contributed by atoms with E-state index in [2.05, 4.69) is 4.74 Å². The summed E-state index contributed by atoms with van der Waals surface area (Å²) in [6.07, 6.45) is -0.254. The summed E-state index contributed by atoms with van der Waals surface area (Å²) in [5.41, 5.74) is 6.54. The van der Waals surface area contributed by atoms with Crippen LogP contribution in [-0.4, -0.2) is 21.7 Å². The monoisotopic (exact) mass is 248 g/mol. The molecule has 2 unspecified atom stereocenters. The zero-order chi connectivity index (χ0) is 12.2. The highest BCUT2D eigenvalue weighted by atomic mass is 31.2. The number of epoxide rings is 1. The molecule has 6 heteroatoms. The summed E-state index contributed by atoms with van der Waals surface area (Å²) in [5, 5.41) is 0. The van der Waals surface area contributed by atoms with Crippen molar-refractivity contribution >= 4 is 7.60 Å². The second kappa shape index (κ2) is 5.57. The van der Waals surface area contributed by atoms with E-state index in [1.807, 2.05) is 30.3 Å². The smallest absolute Gasteiger partial charge is 0.356 e. The number of rotatable bonds is 2. The van der Waals surface area contributed by atoms with E-state index in [0.717, 1.165) is 0 Å². The minimum atomic E-state index is -3.90. The molecule has 0 radical (unpaired) electrons. The van der Waals surface area contributed by atoms with Crippen LogP contribution in [-0.2, 0) is 15.8 Å². The maximum atomic E-state index is 10.2. The lowest BCUT2D eigenvalue weighted by Gasteiger charge is -1.93. The third-order valence-electron chi connectivity index (χ3n) is 2.09. The lowest BCUT2D eigenvalue weighted by atomic mass is 10.2. The number of benzene rings is 1. The Balaban J connectivity index is 0.000000160. The SMILES string of the molecule is NCc1ccccc1.[13CH3][13CH]1O[13CH]1P(=O)(O)O. The molecule has 0 aromatic heterocycles. The first-order chi connectivity index (χ1) is 7.45. The Hall–Kier alpha value is -0.710. The molecule has 90 valence electrons. The summed E-state index contributed by atoms with van der Waals surface area (Å²) in [7, 11) is -3.90. The van der Waals surface area contributed by atoms with Gasteiger partial charge < -0.3 is 20.3 Å². The maximum Gasteiger partial charge on any atom is 0.356 e. The van der Waals surface area contributed by atoms with E-state index in [9.17, 15) is 4.57 Å². The molecule has 0 saturated carbocycles. The summed E-state index contributed by atoms with van der Waals surface area (Å²) >= 11 is 0. The Bertz CT molecular complexity index is 364. The fourth-order valence-corrected chi connectivity index (χ4v) is 2.04. The van der Waals surface area contributed by atoms with Crippen molar-refractivity contribution in [3.05, 3.63) is 35.9 Å². The molecule has 0 spiro atoms. The van der Waals surface area contributed by atoms with Crippen molar-refractivity contribution in [3.63, 3.8) is 0 Å². The minimum absolute atomic E-state index is 0.254. The van der Waals surface area contributed by atoms with Crippen LogP contribution in [0, 0.1) is 0 Å². The van der Waals surface area contributed by atoms with Crippen LogP contribution in [0.15, 0.2) is 30.3 Å². The first kappa shape index (κ1) is 13.4. The normalized spacial score (nSPS) is 23.2. The molecule has 4 N–H and O–H groups in total. The van der Waals surface area contributed by atoms with Gasteiger partial charge in [-0.2, -0.15) is 0 Å². The van der Waals surface area contributed by atoms with Crippen LogP contribution in [0.3, 0.4) is 0 Å². The van der Waals surface area contributed by atoms with Gasteiger partial charge in [0.05, 0.1) is 6.10 Å². The van der Waals surface area contributed by atoms with Crippen LogP contribution < -0.4 is 5.73 Å². The van der Waals surface area contributed by atoms with Gasteiger partial charge in [0.25, 0.3) is 0 Å². The Morgan fingerprint density at radius 1 is 1.38 bits per heavy atom. The molecule has 1 fully saturated rings. The summed E-state index contributed by atoms with van der Waals surface area (Å²) in [6.45, 7) is 2.27. The van der Waals surface area contributed by atoms with Crippen molar-refractivity contribution in [3.8, 4) is 0 Å². The van der Waals surface area contributed by atoms with E-state index in [0.29, 0.717) is 6.54 Å². The highest BCUT2D eigenvalue weighted by Gasteiger charge is 2.48. The fraction of sp³-hybridized carbons (Fsp3) is 0.400. The predicted octanol–water partition coefficient (Wildman–Crippen LogP) is 1.05. The first-order valence-electron chi connectivity index (χ1n) is 4.90. The van der Waals surface area contributed by atoms with Gasteiger partial charge in [-0.1, -0.05) is 30.3 Å². The van der Waals surface area contributed by atoms with E-state index in [1.165, 1.54) is 5.56 Å². The topological polar surface area (TPSA) is 96.1 Å². The second-order valence-corrected chi connectivity index (χ2v) is 5.20. The molecule has 1 saturated heterocycles. The zero-order valence-corrected chi connectivity index (χ0v) is 9.88. The molecule has 0 bridgehead atoms. The third-order valence-corrected chi connectivity index (χ3v) is 3.29. The average Bonchev–Trinajstić information content (AvgIpc) is 2.98. The Kier molecular flexibility index (Phi) is 4.65. The van der Waals surface area contributed by atoms with Crippen molar-refractivity contribution in [2.24, 2.45) is 5.73 Å². The van der Waals surface area contributed by atoms with E-state index >= 15 is 0 Å². The molecular weight excluding hydrogens is 232 g/mol. The van der Waals surface area contributed by atoms with E-state index < -0.39 is 13.4 Å². The number of nitrogens with two attached hydrogens (primary N) is 1. The van der Waals surface area contributed by atoms with Crippen molar-refractivity contribution < 1.29 is 19.1 Å². The highest BCUT2D eigenvalue weighted by molar-refractivity contribution is 7.52. The standard InChI is InChI=1S/C7H9N.C3H7O4P/c8-6-7-4-2-1-3-5-7;1-2-3(7-2)8(4,5)6/h1-5H,6,8H2;2-3H,1H3,(H2,4,5,6)/i;1+1,2+1,3+1. The molecule has 16 heavy (non-hydrogen) atoms. The molecule has 2 atom stereocenters. The molecule has 0 aliphatic carbocycles. The van der Waals surface area contributed by atoms with E-state index in [-0.39, 0.29) is 6.10 Å². The van der Waals surface area contributed by atoms with Gasteiger partial charge in [0.2, 0.25) is 0 Å². The first-order valence-corrected chi connectivity index (χ1v) is 6.58. The summed E-state index contributed by atoms with van der Waals surface area (Å²) in [6, 6.07) is 9.99. The number of ether oxygens (including phenoxy) is 1. The Morgan fingerprint density at radius 2 is 1.88 bits per heavy atom. The van der Waals surface area contributed by atoms with Crippen LogP contribution in [0.5, 0.6) is 0 Å². The largest absolute Gasteiger partial charge is 0.356 e. The predicted molar refractivity (Wildman–Crippen MR) is 60.7 cm³/mol. The molecular formula is C10H16NO4P. The van der Waals surface area contributed by atoms with Crippen LogP contribution in [0.2, 0.25) is 0 Å². The number of hydrogen-bond acceptors (Lipinski definition) is 3. The summed E-state index contributed by atoms with van der Waals surface area (Å²) in [5.74, 6) is -0.817. The van der Waals surface area contributed by atoms with Crippen LogP contribution in [0.4, 0.5) is 0 Å². The van der Waals surface area contributed by atoms with Gasteiger partial charge in [0, 0.05) is 6.54 Å². The van der Waals surface area contributed by atoms with Gasteiger partial charge in [-0.3, -0.25) is 4.57 Å². The molecule has 1 aromatic rings. The Morgan fingerprint density at radius 3 is 2.06 bits per heavy atom. The van der Waals surface area contributed by atoms with Gasteiger partial charge >= 0.3 is 7.60 Å². The van der Waals surface area contributed by atoms with Gasteiger partial charge in [-0.15, -0.1) is 0 Å². The van der Waals surface area contributed by atoms with Gasteiger partial charge in [-0.05, 0) is 12.5 Å². The lowest BCUT2D eigenvalue weighted by Crippen LogP contribution is -1.94. The van der Waals surface area contributed by atoms with Crippen molar-refractivity contribution in [2.75, 3.05) is 0 Å². The quantitative estimate of drug-likeness (QED) is 0.413. The maximum absolute atomic E-state index is 10.2. The summed E-state index contributed by atoms with van der Waals surface area (Å²) < 4.78 is 14.7. The third kappa shape index (κ3) is 4.43. The zero-order valence-electron chi connectivity index (χ0n) is 8.98. The Labute approximate surface area is 94.4 Å². The average molecular weight is 248 g/mol. The van der Waals surface area contributed by atoms with Crippen molar-refractivity contribution in [1.29, 1.82) is 0 Å². The van der Waals surface area contributed by atoms with Crippen LogP contribution in [0.1, 0.15) is 12.5 Å². The second-order valence-electron chi connectivity index (χ2n) is 3.51. The fourth-order valence-electron chi connectivity index (χ4n) is 1.14. The van der Waals surface area contributed by atoms with Gasteiger partial charge in [0.15, 0.2) is 5.85 Å². The van der Waals surface area contributed by atoms with E-state index in [1.54, 1.807) is 6.92 Å². The molecule has 1 aliphatic rings. The van der Waals surface area contributed by atoms with Gasteiger partial charge in [-0.25, -0.2) is 0 Å². The molecule has 1 heterocycles. The van der Waals surface area contributed by atoms with Gasteiger partial charge in [0.1, 0.15) is 0 Å².